The van der Waals surface area contributed by atoms with E-state index in [0.29, 0.717) is 11.8 Å². The summed E-state index contributed by atoms with van der Waals surface area (Å²) in [5, 5.41) is 8.86. The standard InChI is InChI=1S/C21H26N2O4/c1-16-13-23(18-8-4-6-10-20(18)26-2)12-11-22(16)14-17-7-3-5-9-19(17)27-15-21(24)25/h3-10,16H,11-15H2,1-2H3,(H,24,25)/t16-/m0/s1. The van der Waals surface area contributed by atoms with Crippen LogP contribution in [0.25, 0.3) is 0 Å². The summed E-state index contributed by atoms with van der Waals surface area (Å²) in [7, 11) is 1.70. The number of rotatable bonds is 7. The Morgan fingerprint density at radius 2 is 1.81 bits per heavy atom. The van der Waals surface area contributed by atoms with Gasteiger partial charge >= 0.3 is 5.97 Å². The molecule has 2 aromatic rings. The van der Waals surface area contributed by atoms with Crippen molar-refractivity contribution in [3.8, 4) is 11.5 Å². The van der Waals surface area contributed by atoms with Gasteiger partial charge in [-0.1, -0.05) is 30.3 Å². The van der Waals surface area contributed by atoms with Crippen molar-refractivity contribution < 1.29 is 19.4 Å². The number of carboxylic acids is 1. The van der Waals surface area contributed by atoms with Crippen LogP contribution in [0.3, 0.4) is 0 Å². The molecule has 1 saturated heterocycles. The van der Waals surface area contributed by atoms with E-state index in [1.54, 1.807) is 7.11 Å². The number of nitrogens with zero attached hydrogens (tertiary/aromatic N) is 2. The molecular weight excluding hydrogens is 344 g/mol. The van der Waals surface area contributed by atoms with Crippen molar-refractivity contribution in [1.82, 2.24) is 4.90 Å². The predicted octanol–water partition coefficient (Wildman–Crippen LogP) is 2.87. The molecule has 0 aromatic heterocycles. The van der Waals surface area contributed by atoms with Crippen LogP contribution in [0, 0.1) is 0 Å². The molecule has 6 nitrogen and oxygen atoms in total. The van der Waals surface area contributed by atoms with Crippen LogP contribution in [-0.2, 0) is 11.3 Å². The van der Waals surface area contributed by atoms with Gasteiger partial charge < -0.3 is 19.5 Å². The van der Waals surface area contributed by atoms with Crippen molar-refractivity contribution in [2.24, 2.45) is 0 Å². The molecule has 0 bridgehead atoms. The second-order valence-electron chi connectivity index (χ2n) is 6.73. The highest BCUT2D eigenvalue weighted by molar-refractivity contribution is 5.68. The Labute approximate surface area is 159 Å². The van der Waals surface area contributed by atoms with Crippen LogP contribution in [-0.4, -0.2) is 55.4 Å². The summed E-state index contributed by atoms with van der Waals surface area (Å²) < 4.78 is 10.9. The van der Waals surface area contributed by atoms with Crippen molar-refractivity contribution >= 4 is 11.7 Å². The van der Waals surface area contributed by atoms with Gasteiger partial charge in [-0.3, -0.25) is 4.90 Å². The van der Waals surface area contributed by atoms with Gasteiger partial charge in [0.25, 0.3) is 0 Å². The fraction of sp³-hybridized carbons (Fsp3) is 0.381. The van der Waals surface area contributed by atoms with E-state index in [0.717, 1.165) is 43.2 Å². The quantitative estimate of drug-likeness (QED) is 0.809. The lowest BCUT2D eigenvalue weighted by Gasteiger charge is -2.41. The number of anilines is 1. The van der Waals surface area contributed by atoms with Gasteiger partial charge in [0.15, 0.2) is 6.61 Å². The Hall–Kier alpha value is -2.73. The number of benzene rings is 2. The first-order valence-electron chi connectivity index (χ1n) is 9.13. The van der Waals surface area contributed by atoms with Crippen LogP contribution in [0.15, 0.2) is 48.5 Å². The molecule has 2 aromatic carbocycles. The first-order chi connectivity index (χ1) is 13.1. The second kappa shape index (κ2) is 8.77. The number of hydrogen-bond donors (Lipinski definition) is 1. The summed E-state index contributed by atoms with van der Waals surface area (Å²) in [6.45, 7) is 5.33. The van der Waals surface area contributed by atoms with Gasteiger partial charge in [-0.25, -0.2) is 4.79 Å². The average molecular weight is 370 g/mol. The molecule has 1 aliphatic heterocycles. The van der Waals surface area contributed by atoms with E-state index in [-0.39, 0.29) is 6.61 Å². The van der Waals surface area contributed by atoms with E-state index in [1.165, 1.54) is 0 Å². The molecule has 6 heteroatoms. The predicted molar refractivity (Wildman–Crippen MR) is 105 cm³/mol. The van der Waals surface area contributed by atoms with Gasteiger partial charge in [0.2, 0.25) is 0 Å². The molecule has 0 unspecified atom stereocenters. The zero-order valence-corrected chi connectivity index (χ0v) is 15.8. The number of methoxy groups -OCH3 is 1. The van der Waals surface area contributed by atoms with Gasteiger partial charge in [0, 0.05) is 37.8 Å². The molecule has 0 aliphatic carbocycles. The Morgan fingerprint density at radius 3 is 2.52 bits per heavy atom. The van der Waals surface area contributed by atoms with E-state index in [2.05, 4.69) is 22.8 Å². The highest BCUT2D eigenvalue weighted by Crippen LogP contribution is 2.30. The number of ether oxygens (including phenoxy) is 2. The largest absolute Gasteiger partial charge is 0.495 e. The molecule has 0 radical (unpaired) electrons. The van der Waals surface area contributed by atoms with Crippen LogP contribution in [0.2, 0.25) is 0 Å². The Kier molecular flexibility index (Phi) is 6.19. The molecule has 0 amide bonds. The fourth-order valence-electron chi connectivity index (χ4n) is 3.47. The van der Waals surface area contributed by atoms with Gasteiger partial charge in [-0.2, -0.15) is 0 Å². The van der Waals surface area contributed by atoms with Crippen LogP contribution >= 0.6 is 0 Å². The van der Waals surface area contributed by atoms with Gasteiger partial charge in [-0.05, 0) is 25.1 Å². The first kappa shape index (κ1) is 19.0. The van der Waals surface area contributed by atoms with E-state index < -0.39 is 5.97 Å². The maximum atomic E-state index is 10.8. The summed E-state index contributed by atoms with van der Waals surface area (Å²) >= 11 is 0. The zero-order chi connectivity index (χ0) is 19.2. The van der Waals surface area contributed by atoms with Crippen LogP contribution < -0.4 is 14.4 Å². The minimum atomic E-state index is -0.969. The summed E-state index contributed by atoms with van der Waals surface area (Å²) in [5.41, 5.74) is 2.13. The van der Waals surface area contributed by atoms with Crippen LogP contribution in [0.1, 0.15) is 12.5 Å². The normalized spacial score (nSPS) is 17.6. The summed E-state index contributed by atoms with van der Waals surface area (Å²) in [6.07, 6.45) is 0. The minimum absolute atomic E-state index is 0.325. The summed E-state index contributed by atoms with van der Waals surface area (Å²) in [5.74, 6) is 0.563. The third-order valence-electron chi connectivity index (χ3n) is 4.89. The minimum Gasteiger partial charge on any atom is -0.495 e. The Morgan fingerprint density at radius 1 is 1.11 bits per heavy atom. The summed E-state index contributed by atoms with van der Waals surface area (Å²) in [4.78, 5) is 15.5. The molecular formula is C21H26N2O4. The van der Waals surface area contributed by atoms with Crippen molar-refractivity contribution in [3.05, 3.63) is 54.1 Å². The highest BCUT2D eigenvalue weighted by Gasteiger charge is 2.26. The first-order valence-corrected chi connectivity index (χ1v) is 9.13. The van der Waals surface area contributed by atoms with Crippen molar-refractivity contribution in [2.45, 2.75) is 19.5 Å². The molecule has 3 rings (SSSR count). The second-order valence-corrected chi connectivity index (χ2v) is 6.73. The maximum Gasteiger partial charge on any atom is 0.341 e. The number of carbonyl (C=O) groups is 1. The van der Waals surface area contributed by atoms with E-state index in [4.69, 9.17) is 14.6 Å². The number of para-hydroxylation sites is 3. The maximum absolute atomic E-state index is 10.8. The third kappa shape index (κ3) is 4.71. The number of piperazine rings is 1. The third-order valence-corrected chi connectivity index (χ3v) is 4.89. The van der Waals surface area contributed by atoms with E-state index >= 15 is 0 Å². The van der Waals surface area contributed by atoms with Crippen LogP contribution in [0.5, 0.6) is 11.5 Å². The van der Waals surface area contributed by atoms with Gasteiger partial charge in [0.05, 0.1) is 12.8 Å². The summed E-state index contributed by atoms with van der Waals surface area (Å²) in [6, 6.07) is 16.1. The van der Waals surface area contributed by atoms with Crippen LogP contribution in [0.4, 0.5) is 5.69 Å². The lowest BCUT2D eigenvalue weighted by Crippen LogP contribution is -2.51. The SMILES string of the molecule is COc1ccccc1N1CCN(Cc2ccccc2OCC(=O)O)[C@@H](C)C1. The van der Waals surface area contributed by atoms with Crippen molar-refractivity contribution in [1.29, 1.82) is 0 Å². The highest BCUT2D eigenvalue weighted by atomic mass is 16.5. The van der Waals surface area contributed by atoms with Gasteiger partial charge in [0.1, 0.15) is 11.5 Å². The molecule has 1 atom stereocenters. The molecule has 1 heterocycles. The number of hydrogen-bond acceptors (Lipinski definition) is 5. The molecule has 27 heavy (non-hydrogen) atoms. The smallest absolute Gasteiger partial charge is 0.341 e. The fourth-order valence-corrected chi connectivity index (χ4v) is 3.47. The Balaban J connectivity index is 1.67. The number of aliphatic carboxylic acids is 1. The molecule has 1 N–H and O–H groups in total. The van der Waals surface area contributed by atoms with Crippen molar-refractivity contribution in [2.75, 3.05) is 38.3 Å². The zero-order valence-electron chi connectivity index (χ0n) is 15.8. The molecule has 144 valence electrons. The van der Waals surface area contributed by atoms with Crippen molar-refractivity contribution in [3.63, 3.8) is 0 Å². The molecule has 1 fully saturated rings. The molecule has 1 aliphatic rings. The topological polar surface area (TPSA) is 62.2 Å². The Bertz CT molecular complexity index is 780. The van der Waals surface area contributed by atoms with E-state index in [9.17, 15) is 4.79 Å². The van der Waals surface area contributed by atoms with E-state index in [1.807, 2.05) is 42.5 Å². The number of carboxylic acid groups (broad SMARTS) is 1. The lowest BCUT2D eigenvalue weighted by molar-refractivity contribution is -0.139. The monoisotopic (exact) mass is 370 g/mol. The van der Waals surface area contributed by atoms with Gasteiger partial charge in [-0.15, -0.1) is 0 Å². The average Bonchev–Trinajstić information content (AvgIpc) is 2.68. The molecule has 0 saturated carbocycles. The molecule has 0 spiro atoms. The lowest BCUT2D eigenvalue weighted by atomic mass is 10.1.